The highest BCUT2D eigenvalue weighted by molar-refractivity contribution is 5.17. The molecule has 0 bridgehead atoms. The Kier molecular flexibility index (Phi) is 1.69. The lowest BCUT2D eigenvalue weighted by molar-refractivity contribution is 0.881. The highest BCUT2D eigenvalue weighted by atomic mass is 14.5. The highest BCUT2D eigenvalue weighted by Crippen LogP contribution is 2.23. The first kappa shape index (κ1) is 5.83. The number of rotatable bonds is 1. The third kappa shape index (κ3) is 0.920. The standard InChI is InChI=1S/C7H13N/c1-6-3-2-4-7(6)5-8/h2-5,8H2,1H3. The lowest BCUT2D eigenvalue weighted by Gasteiger charge is -1.94. The predicted octanol–water partition coefficient (Wildman–Crippen LogP) is 1.45. The quantitative estimate of drug-likeness (QED) is 0.509. The van der Waals surface area contributed by atoms with Crippen LogP contribution < -0.4 is 5.73 Å². The maximum Gasteiger partial charge on any atom is 0.0139 e. The molecule has 0 aromatic carbocycles. The fourth-order valence-electron chi connectivity index (χ4n) is 1.23. The van der Waals surface area contributed by atoms with E-state index < -0.39 is 0 Å². The zero-order valence-electron chi connectivity index (χ0n) is 5.41. The van der Waals surface area contributed by atoms with Gasteiger partial charge in [-0.2, -0.15) is 0 Å². The predicted molar refractivity (Wildman–Crippen MR) is 35.6 cm³/mol. The molecule has 0 saturated heterocycles. The largest absolute Gasteiger partial charge is 0.327 e. The van der Waals surface area contributed by atoms with Gasteiger partial charge in [-0.25, -0.2) is 0 Å². The summed E-state index contributed by atoms with van der Waals surface area (Å²) in [6.07, 6.45) is 3.87. The first-order valence-electron chi connectivity index (χ1n) is 3.22. The van der Waals surface area contributed by atoms with Crippen molar-refractivity contribution in [1.29, 1.82) is 0 Å². The van der Waals surface area contributed by atoms with Gasteiger partial charge < -0.3 is 5.73 Å². The molecule has 2 N–H and O–H groups in total. The SMILES string of the molecule is CC1=C(CN)CCC1. The van der Waals surface area contributed by atoms with Crippen LogP contribution in [0, 0.1) is 0 Å². The fourth-order valence-corrected chi connectivity index (χ4v) is 1.23. The number of hydrogen-bond acceptors (Lipinski definition) is 1. The van der Waals surface area contributed by atoms with Crippen molar-refractivity contribution in [3.8, 4) is 0 Å². The van der Waals surface area contributed by atoms with Crippen LogP contribution in [0.2, 0.25) is 0 Å². The van der Waals surface area contributed by atoms with Gasteiger partial charge in [0.2, 0.25) is 0 Å². The Morgan fingerprint density at radius 1 is 1.50 bits per heavy atom. The van der Waals surface area contributed by atoms with Crippen molar-refractivity contribution in [2.75, 3.05) is 6.54 Å². The second-order valence-electron chi connectivity index (χ2n) is 2.44. The van der Waals surface area contributed by atoms with Crippen molar-refractivity contribution in [2.24, 2.45) is 5.73 Å². The van der Waals surface area contributed by atoms with E-state index in [1.165, 1.54) is 30.4 Å². The number of allylic oxidation sites excluding steroid dienone is 1. The minimum atomic E-state index is 0.784. The average Bonchev–Trinajstić information content (AvgIpc) is 2.14. The van der Waals surface area contributed by atoms with Crippen molar-refractivity contribution in [2.45, 2.75) is 26.2 Å². The molecule has 0 amide bonds. The van der Waals surface area contributed by atoms with Gasteiger partial charge in [0.15, 0.2) is 0 Å². The smallest absolute Gasteiger partial charge is 0.0139 e. The zero-order valence-corrected chi connectivity index (χ0v) is 5.41. The van der Waals surface area contributed by atoms with Gasteiger partial charge in [0.05, 0.1) is 0 Å². The number of nitrogens with two attached hydrogens (primary N) is 1. The van der Waals surface area contributed by atoms with E-state index in [2.05, 4.69) is 6.92 Å². The summed E-state index contributed by atoms with van der Waals surface area (Å²) in [6.45, 7) is 2.97. The lowest BCUT2D eigenvalue weighted by Crippen LogP contribution is -2.01. The van der Waals surface area contributed by atoms with Crippen LogP contribution in [-0.4, -0.2) is 6.54 Å². The molecule has 0 unspecified atom stereocenters. The van der Waals surface area contributed by atoms with Crippen LogP contribution in [0.15, 0.2) is 11.1 Å². The van der Waals surface area contributed by atoms with E-state index >= 15 is 0 Å². The first-order valence-corrected chi connectivity index (χ1v) is 3.22. The van der Waals surface area contributed by atoms with E-state index in [-0.39, 0.29) is 0 Å². The van der Waals surface area contributed by atoms with E-state index in [4.69, 9.17) is 5.73 Å². The van der Waals surface area contributed by atoms with Gasteiger partial charge in [-0.1, -0.05) is 11.1 Å². The minimum Gasteiger partial charge on any atom is -0.327 e. The summed E-state index contributed by atoms with van der Waals surface area (Å²) in [6, 6.07) is 0. The maximum atomic E-state index is 5.47. The second-order valence-corrected chi connectivity index (χ2v) is 2.44. The van der Waals surface area contributed by atoms with Gasteiger partial charge in [-0.15, -0.1) is 0 Å². The Hall–Kier alpha value is -0.300. The monoisotopic (exact) mass is 111 g/mol. The van der Waals surface area contributed by atoms with Crippen molar-refractivity contribution >= 4 is 0 Å². The van der Waals surface area contributed by atoms with Gasteiger partial charge in [0, 0.05) is 6.54 Å². The van der Waals surface area contributed by atoms with Crippen LogP contribution in [0.4, 0.5) is 0 Å². The molecule has 0 radical (unpaired) electrons. The Labute approximate surface area is 50.6 Å². The Balaban J connectivity index is 2.58. The van der Waals surface area contributed by atoms with Gasteiger partial charge in [0.25, 0.3) is 0 Å². The molecule has 8 heavy (non-hydrogen) atoms. The van der Waals surface area contributed by atoms with E-state index in [1.807, 2.05) is 0 Å². The molecule has 0 aromatic heterocycles. The molecule has 0 fully saturated rings. The summed E-state index contributed by atoms with van der Waals surface area (Å²) < 4.78 is 0. The highest BCUT2D eigenvalue weighted by Gasteiger charge is 2.07. The molecule has 46 valence electrons. The van der Waals surface area contributed by atoms with Crippen molar-refractivity contribution < 1.29 is 0 Å². The van der Waals surface area contributed by atoms with Crippen LogP contribution >= 0.6 is 0 Å². The summed E-state index contributed by atoms with van der Waals surface area (Å²) >= 11 is 0. The second kappa shape index (κ2) is 2.31. The van der Waals surface area contributed by atoms with Crippen LogP contribution in [0.3, 0.4) is 0 Å². The molecular weight excluding hydrogens is 98.1 g/mol. The normalized spacial score (nSPS) is 20.2. The van der Waals surface area contributed by atoms with E-state index in [9.17, 15) is 0 Å². The van der Waals surface area contributed by atoms with E-state index in [1.54, 1.807) is 0 Å². The Morgan fingerprint density at radius 2 is 2.25 bits per heavy atom. The summed E-state index contributed by atoms with van der Waals surface area (Å²) in [5, 5.41) is 0. The molecule has 0 spiro atoms. The maximum absolute atomic E-state index is 5.47. The van der Waals surface area contributed by atoms with Crippen LogP contribution in [0.25, 0.3) is 0 Å². The van der Waals surface area contributed by atoms with E-state index in [0.29, 0.717) is 0 Å². The van der Waals surface area contributed by atoms with E-state index in [0.717, 1.165) is 6.54 Å². The minimum absolute atomic E-state index is 0.784. The van der Waals surface area contributed by atoms with Crippen molar-refractivity contribution in [3.63, 3.8) is 0 Å². The Morgan fingerprint density at radius 3 is 2.50 bits per heavy atom. The van der Waals surface area contributed by atoms with Crippen LogP contribution in [-0.2, 0) is 0 Å². The molecule has 1 heteroatoms. The molecule has 0 atom stereocenters. The topological polar surface area (TPSA) is 26.0 Å². The summed E-state index contributed by atoms with van der Waals surface area (Å²) in [7, 11) is 0. The molecule has 0 saturated carbocycles. The molecule has 0 heterocycles. The fraction of sp³-hybridized carbons (Fsp3) is 0.714. The molecular formula is C7H13N. The molecule has 1 rings (SSSR count). The van der Waals surface area contributed by atoms with Gasteiger partial charge >= 0.3 is 0 Å². The Bertz CT molecular complexity index is 114. The average molecular weight is 111 g/mol. The van der Waals surface area contributed by atoms with Crippen LogP contribution in [0.5, 0.6) is 0 Å². The summed E-state index contributed by atoms with van der Waals surface area (Å²) in [5.74, 6) is 0. The van der Waals surface area contributed by atoms with Gasteiger partial charge in [-0.05, 0) is 26.2 Å². The first-order chi connectivity index (χ1) is 3.84. The third-order valence-electron chi connectivity index (χ3n) is 1.88. The van der Waals surface area contributed by atoms with Crippen molar-refractivity contribution in [3.05, 3.63) is 11.1 Å². The number of hydrogen-bond donors (Lipinski definition) is 1. The van der Waals surface area contributed by atoms with Crippen molar-refractivity contribution in [1.82, 2.24) is 0 Å². The van der Waals surface area contributed by atoms with Gasteiger partial charge in [-0.3, -0.25) is 0 Å². The summed E-state index contributed by atoms with van der Waals surface area (Å²) in [5.41, 5.74) is 8.49. The van der Waals surface area contributed by atoms with Crippen LogP contribution in [0.1, 0.15) is 26.2 Å². The molecule has 1 nitrogen and oxygen atoms in total. The third-order valence-corrected chi connectivity index (χ3v) is 1.88. The zero-order chi connectivity index (χ0) is 5.98. The summed E-state index contributed by atoms with van der Waals surface area (Å²) in [4.78, 5) is 0. The lowest BCUT2D eigenvalue weighted by atomic mass is 10.2. The molecule has 1 aliphatic rings. The molecule has 1 aliphatic carbocycles. The van der Waals surface area contributed by atoms with Gasteiger partial charge in [0.1, 0.15) is 0 Å². The molecule has 0 aromatic rings. The molecule has 0 aliphatic heterocycles.